The molecule has 0 rings (SSSR count). The SMILES string of the molecule is O=[C][C@@H](CS)NC(=O)C(O)CO. The van der Waals surface area contributed by atoms with Crippen molar-refractivity contribution in [2.24, 2.45) is 0 Å². The van der Waals surface area contributed by atoms with Crippen molar-refractivity contribution >= 4 is 24.8 Å². The number of amides is 1. The van der Waals surface area contributed by atoms with E-state index < -0.39 is 24.7 Å². The molecule has 0 spiro atoms. The van der Waals surface area contributed by atoms with E-state index in [1.54, 1.807) is 0 Å². The number of hydrogen-bond acceptors (Lipinski definition) is 5. The van der Waals surface area contributed by atoms with E-state index >= 15 is 0 Å². The summed E-state index contributed by atoms with van der Waals surface area (Å²) in [5.74, 6) is -0.701. The first-order chi connectivity index (χ1) is 5.65. The topological polar surface area (TPSA) is 86.6 Å². The van der Waals surface area contributed by atoms with Crippen molar-refractivity contribution in [1.82, 2.24) is 5.32 Å². The molecule has 0 bridgehead atoms. The van der Waals surface area contributed by atoms with Gasteiger partial charge in [0.05, 0.1) is 6.61 Å². The number of aliphatic hydroxyl groups is 2. The van der Waals surface area contributed by atoms with Gasteiger partial charge in [0.1, 0.15) is 6.04 Å². The van der Waals surface area contributed by atoms with Crippen molar-refractivity contribution in [3.05, 3.63) is 0 Å². The maximum absolute atomic E-state index is 10.8. The minimum absolute atomic E-state index is 0.105. The van der Waals surface area contributed by atoms with E-state index in [0.717, 1.165) is 0 Å². The summed E-state index contributed by atoms with van der Waals surface area (Å²) in [6, 6.07) is -0.845. The van der Waals surface area contributed by atoms with Crippen LogP contribution in [0, 0.1) is 0 Å². The number of carbonyl (C=O) groups excluding carboxylic acids is 2. The van der Waals surface area contributed by atoms with Crippen LogP contribution in [0.25, 0.3) is 0 Å². The molecule has 5 nitrogen and oxygen atoms in total. The number of carbonyl (C=O) groups is 1. The van der Waals surface area contributed by atoms with E-state index in [4.69, 9.17) is 10.2 Å². The molecule has 1 unspecified atom stereocenters. The third-order valence-corrected chi connectivity index (χ3v) is 1.48. The van der Waals surface area contributed by atoms with Gasteiger partial charge in [-0.1, -0.05) is 0 Å². The van der Waals surface area contributed by atoms with Crippen LogP contribution in [0.2, 0.25) is 0 Å². The van der Waals surface area contributed by atoms with Gasteiger partial charge in [-0.15, -0.1) is 0 Å². The van der Waals surface area contributed by atoms with Crippen molar-refractivity contribution in [1.29, 1.82) is 0 Å². The van der Waals surface area contributed by atoms with Gasteiger partial charge >= 0.3 is 0 Å². The van der Waals surface area contributed by atoms with Crippen molar-refractivity contribution < 1.29 is 19.8 Å². The maximum atomic E-state index is 10.8. The van der Waals surface area contributed by atoms with Crippen LogP contribution < -0.4 is 5.32 Å². The fraction of sp³-hybridized carbons (Fsp3) is 0.667. The van der Waals surface area contributed by atoms with Gasteiger partial charge in [0.25, 0.3) is 5.91 Å². The molecule has 0 aromatic rings. The highest BCUT2D eigenvalue weighted by molar-refractivity contribution is 7.80. The Morgan fingerprint density at radius 3 is 2.58 bits per heavy atom. The predicted octanol–water partition coefficient (Wildman–Crippen LogP) is -2.14. The van der Waals surface area contributed by atoms with E-state index in [2.05, 4.69) is 17.9 Å². The molecule has 1 amide bonds. The summed E-state index contributed by atoms with van der Waals surface area (Å²) in [6.45, 7) is -0.677. The molecular weight excluding hydrogens is 182 g/mol. The van der Waals surface area contributed by atoms with Crippen LogP contribution in [-0.4, -0.2) is 46.9 Å². The number of hydrogen-bond donors (Lipinski definition) is 4. The van der Waals surface area contributed by atoms with E-state index in [1.165, 1.54) is 6.29 Å². The molecule has 0 aliphatic heterocycles. The number of thiol groups is 1. The fourth-order valence-corrected chi connectivity index (χ4v) is 0.629. The van der Waals surface area contributed by atoms with Crippen LogP contribution in [-0.2, 0) is 9.59 Å². The van der Waals surface area contributed by atoms with E-state index in [1.807, 2.05) is 0 Å². The molecule has 3 N–H and O–H groups in total. The molecular formula is C6H10NO4S. The third kappa shape index (κ3) is 3.70. The molecule has 0 heterocycles. The number of rotatable bonds is 5. The Hall–Kier alpha value is -0.590. The number of nitrogens with one attached hydrogen (secondary N) is 1. The molecule has 69 valence electrons. The Morgan fingerprint density at radius 2 is 2.25 bits per heavy atom. The van der Waals surface area contributed by atoms with Gasteiger partial charge in [0.15, 0.2) is 6.10 Å². The molecule has 0 aromatic carbocycles. The number of aliphatic hydroxyl groups excluding tert-OH is 2. The van der Waals surface area contributed by atoms with Crippen LogP contribution >= 0.6 is 12.6 Å². The molecule has 0 fully saturated rings. The molecule has 0 aromatic heterocycles. The summed E-state index contributed by atoms with van der Waals surface area (Å²) in [5.41, 5.74) is 0. The summed E-state index contributed by atoms with van der Waals surface area (Å²) in [6.07, 6.45) is 0.0112. The molecule has 2 atom stereocenters. The van der Waals surface area contributed by atoms with Gasteiger partial charge in [-0.25, -0.2) is 0 Å². The zero-order valence-electron chi connectivity index (χ0n) is 6.23. The highest BCUT2D eigenvalue weighted by atomic mass is 32.1. The zero-order valence-corrected chi connectivity index (χ0v) is 7.12. The first-order valence-corrected chi connectivity index (χ1v) is 3.86. The lowest BCUT2D eigenvalue weighted by Crippen LogP contribution is -2.44. The lowest BCUT2D eigenvalue weighted by atomic mass is 10.3. The molecule has 0 saturated carbocycles. The Morgan fingerprint density at radius 1 is 1.67 bits per heavy atom. The Kier molecular flexibility index (Phi) is 5.69. The van der Waals surface area contributed by atoms with E-state index in [-0.39, 0.29) is 5.75 Å². The lowest BCUT2D eigenvalue weighted by Gasteiger charge is -2.11. The quantitative estimate of drug-likeness (QED) is 0.375. The minimum Gasteiger partial charge on any atom is -0.393 e. The van der Waals surface area contributed by atoms with Gasteiger partial charge < -0.3 is 15.5 Å². The van der Waals surface area contributed by atoms with Crippen molar-refractivity contribution in [3.63, 3.8) is 0 Å². The van der Waals surface area contributed by atoms with E-state index in [9.17, 15) is 9.59 Å². The predicted molar refractivity (Wildman–Crippen MR) is 44.6 cm³/mol. The first-order valence-electron chi connectivity index (χ1n) is 3.23. The summed E-state index contributed by atoms with van der Waals surface area (Å²) in [7, 11) is 0. The van der Waals surface area contributed by atoms with Crippen LogP contribution in [0.5, 0.6) is 0 Å². The van der Waals surface area contributed by atoms with Crippen molar-refractivity contribution in [2.75, 3.05) is 12.4 Å². The summed E-state index contributed by atoms with van der Waals surface area (Å²) in [5, 5.41) is 19.2. The van der Waals surface area contributed by atoms with Gasteiger partial charge in [-0.3, -0.25) is 9.59 Å². The van der Waals surface area contributed by atoms with Gasteiger partial charge in [-0.05, 0) is 0 Å². The molecule has 0 saturated heterocycles. The zero-order chi connectivity index (χ0) is 9.56. The van der Waals surface area contributed by atoms with Crippen molar-refractivity contribution in [2.45, 2.75) is 12.1 Å². The second-order valence-corrected chi connectivity index (χ2v) is 2.43. The Balaban J connectivity index is 3.89. The van der Waals surface area contributed by atoms with Gasteiger partial charge in [0, 0.05) is 5.75 Å². The second kappa shape index (κ2) is 5.99. The third-order valence-electron chi connectivity index (χ3n) is 1.12. The normalized spacial score (nSPS) is 14.9. The minimum atomic E-state index is -1.50. The average molecular weight is 192 g/mol. The van der Waals surface area contributed by atoms with Crippen LogP contribution in [0.1, 0.15) is 0 Å². The van der Waals surface area contributed by atoms with Crippen molar-refractivity contribution in [3.8, 4) is 0 Å². The monoisotopic (exact) mass is 192 g/mol. The highest BCUT2D eigenvalue weighted by Gasteiger charge is 2.17. The molecule has 0 aliphatic carbocycles. The van der Waals surface area contributed by atoms with Crippen LogP contribution in [0.4, 0.5) is 0 Å². The highest BCUT2D eigenvalue weighted by Crippen LogP contribution is 1.86. The fourth-order valence-electron chi connectivity index (χ4n) is 0.463. The molecule has 1 radical (unpaired) electrons. The molecule has 0 aliphatic rings. The Labute approximate surface area is 75.2 Å². The summed E-state index contributed by atoms with van der Waals surface area (Å²) < 4.78 is 0. The van der Waals surface area contributed by atoms with Crippen LogP contribution in [0.3, 0.4) is 0 Å². The second-order valence-electron chi connectivity index (χ2n) is 2.06. The van der Waals surface area contributed by atoms with Crippen LogP contribution in [0.15, 0.2) is 0 Å². The van der Waals surface area contributed by atoms with Gasteiger partial charge in [-0.2, -0.15) is 12.6 Å². The van der Waals surface area contributed by atoms with Gasteiger partial charge in [0.2, 0.25) is 6.29 Å². The first kappa shape index (κ1) is 11.4. The molecule has 6 heteroatoms. The average Bonchev–Trinajstić information content (AvgIpc) is 2.12. The maximum Gasteiger partial charge on any atom is 0.251 e. The smallest absolute Gasteiger partial charge is 0.251 e. The standard InChI is InChI=1S/C6H10NO4S/c8-1-4(3-12)7-6(11)5(10)2-9/h4-5,9-10,12H,2-3H2,(H,7,11)/t4-,5?/m0/s1. The summed E-state index contributed by atoms with van der Waals surface area (Å²) >= 11 is 3.75. The lowest BCUT2D eigenvalue weighted by molar-refractivity contribution is -0.131. The molecule has 12 heavy (non-hydrogen) atoms. The van der Waals surface area contributed by atoms with E-state index in [0.29, 0.717) is 0 Å². The largest absolute Gasteiger partial charge is 0.393 e. The Bertz CT molecular complexity index is 164. The summed E-state index contributed by atoms with van der Waals surface area (Å²) in [4.78, 5) is 20.8.